The number of para-hydroxylation sites is 1. The summed E-state index contributed by atoms with van der Waals surface area (Å²) in [6.07, 6.45) is -0.0311. The highest BCUT2D eigenvalue weighted by molar-refractivity contribution is 9.10. The molecule has 3 aromatic carbocycles. The zero-order valence-electron chi connectivity index (χ0n) is 14.1. The monoisotopic (exact) mass is 440 g/mol. The predicted molar refractivity (Wildman–Crippen MR) is 111 cm³/mol. The van der Waals surface area contributed by atoms with E-state index in [1.54, 1.807) is 29.5 Å². The van der Waals surface area contributed by atoms with E-state index < -0.39 is 5.82 Å². The van der Waals surface area contributed by atoms with E-state index in [0.29, 0.717) is 15.7 Å². The largest absolute Gasteiger partial charge is 0.326 e. The number of carbonyl (C=O) groups excluding carboxylic acids is 1. The molecule has 0 spiro atoms. The van der Waals surface area contributed by atoms with E-state index in [-0.39, 0.29) is 12.3 Å². The first-order valence-corrected chi connectivity index (χ1v) is 9.90. The molecule has 0 unspecified atom stereocenters. The topological polar surface area (TPSA) is 42.0 Å². The molecule has 4 rings (SSSR count). The Bertz CT molecular complexity index is 1110. The van der Waals surface area contributed by atoms with Gasteiger partial charge in [-0.25, -0.2) is 9.37 Å². The molecule has 1 heterocycles. The van der Waals surface area contributed by atoms with Crippen LogP contribution in [0.2, 0.25) is 0 Å². The summed E-state index contributed by atoms with van der Waals surface area (Å²) in [6, 6.07) is 20.4. The maximum atomic E-state index is 14.1. The van der Waals surface area contributed by atoms with Crippen molar-refractivity contribution >= 4 is 49.1 Å². The second-order valence-corrected chi connectivity index (χ2v) is 7.89. The average molecular weight is 441 g/mol. The van der Waals surface area contributed by atoms with Gasteiger partial charge in [0.15, 0.2) is 0 Å². The fourth-order valence-corrected chi connectivity index (χ4v) is 4.16. The van der Waals surface area contributed by atoms with Crippen molar-refractivity contribution in [3.8, 4) is 10.6 Å². The van der Waals surface area contributed by atoms with Gasteiger partial charge in [-0.1, -0.05) is 36.4 Å². The predicted octanol–water partition coefficient (Wildman–Crippen LogP) is 6.05. The summed E-state index contributed by atoms with van der Waals surface area (Å²) < 4.78 is 15.5. The lowest BCUT2D eigenvalue weighted by Crippen LogP contribution is -2.15. The van der Waals surface area contributed by atoms with Crippen LogP contribution in [0.3, 0.4) is 0 Å². The summed E-state index contributed by atoms with van der Waals surface area (Å²) in [5.74, 6) is -0.677. The molecule has 0 aliphatic carbocycles. The highest BCUT2D eigenvalue weighted by Gasteiger charge is 2.12. The minimum atomic E-state index is -0.407. The van der Waals surface area contributed by atoms with Gasteiger partial charge in [0, 0.05) is 11.3 Å². The number of fused-ring (bicyclic) bond motifs is 1. The second kappa shape index (κ2) is 7.58. The number of aromatic nitrogens is 1. The molecule has 0 saturated carbocycles. The number of benzene rings is 3. The van der Waals surface area contributed by atoms with Crippen LogP contribution in [0.15, 0.2) is 71.2 Å². The second-order valence-electron chi connectivity index (χ2n) is 6.01. The van der Waals surface area contributed by atoms with Crippen molar-refractivity contribution in [1.82, 2.24) is 4.98 Å². The molecule has 6 heteroatoms. The molecule has 0 atom stereocenters. The van der Waals surface area contributed by atoms with Gasteiger partial charge >= 0.3 is 0 Å². The quantitative estimate of drug-likeness (QED) is 0.419. The average Bonchev–Trinajstić information content (AvgIpc) is 3.10. The summed E-state index contributed by atoms with van der Waals surface area (Å²) in [5, 5.41) is 3.73. The normalized spacial score (nSPS) is 10.9. The Balaban J connectivity index is 1.54. The Morgan fingerprint density at radius 3 is 2.74 bits per heavy atom. The molecule has 0 fully saturated rings. The number of thiazole rings is 1. The van der Waals surface area contributed by atoms with Crippen molar-refractivity contribution in [3.05, 3.63) is 82.6 Å². The van der Waals surface area contributed by atoms with Crippen LogP contribution in [0.25, 0.3) is 20.8 Å². The van der Waals surface area contributed by atoms with Gasteiger partial charge in [-0.3, -0.25) is 4.79 Å². The number of carbonyl (C=O) groups is 1. The molecular formula is C21H14BrFN2OS. The molecule has 1 amide bonds. The molecule has 134 valence electrons. The molecule has 3 nitrogen and oxygen atoms in total. The first kappa shape index (κ1) is 17.8. The summed E-state index contributed by atoms with van der Waals surface area (Å²) in [7, 11) is 0. The Morgan fingerprint density at radius 2 is 1.89 bits per heavy atom. The highest BCUT2D eigenvalue weighted by atomic mass is 79.9. The number of hydrogen-bond donors (Lipinski definition) is 1. The molecule has 0 aliphatic heterocycles. The van der Waals surface area contributed by atoms with E-state index in [1.807, 2.05) is 48.5 Å². The zero-order valence-corrected chi connectivity index (χ0v) is 16.5. The lowest BCUT2D eigenvalue weighted by atomic mass is 10.1. The van der Waals surface area contributed by atoms with Gasteiger partial charge in [-0.15, -0.1) is 11.3 Å². The van der Waals surface area contributed by atoms with Crippen LogP contribution in [0.5, 0.6) is 0 Å². The van der Waals surface area contributed by atoms with E-state index in [1.165, 1.54) is 0 Å². The first-order valence-electron chi connectivity index (χ1n) is 8.29. The molecule has 0 radical (unpaired) electrons. The molecule has 1 aromatic heterocycles. The van der Waals surface area contributed by atoms with Crippen molar-refractivity contribution in [1.29, 1.82) is 0 Å². The van der Waals surface area contributed by atoms with Gasteiger partial charge in [0.1, 0.15) is 10.8 Å². The number of halogens is 2. The zero-order chi connectivity index (χ0) is 18.8. The smallest absolute Gasteiger partial charge is 0.228 e. The summed E-state index contributed by atoms with van der Waals surface area (Å²) in [4.78, 5) is 17.0. The Labute approximate surface area is 168 Å². The number of anilines is 1. The standard InChI is InChI=1S/C21H14BrFN2OS/c22-16-8-4-5-13(20(16)23)12-19(26)24-15-7-3-6-14(11-15)21-25-17-9-1-2-10-18(17)27-21/h1-11H,12H2,(H,24,26). The van der Waals surface area contributed by atoms with E-state index in [4.69, 9.17) is 0 Å². The molecular weight excluding hydrogens is 427 g/mol. The van der Waals surface area contributed by atoms with Crippen LogP contribution in [-0.4, -0.2) is 10.9 Å². The summed E-state index contributed by atoms with van der Waals surface area (Å²) in [5.41, 5.74) is 2.90. The number of rotatable bonds is 4. The van der Waals surface area contributed by atoms with Gasteiger partial charge in [0.05, 0.1) is 21.1 Å². The lowest BCUT2D eigenvalue weighted by Gasteiger charge is -2.08. The number of nitrogens with zero attached hydrogens (tertiary/aromatic N) is 1. The number of amides is 1. The molecule has 4 aromatic rings. The molecule has 0 aliphatic rings. The van der Waals surface area contributed by atoms with Crippen LogP contribution >= 0.6 is 27.3 Å². The molecule has 1 N–H and O–H groups in total. The van der Waals surface area contributed by atoms with E-state index >= 15 is 0 Å². The summed E-state index contributed by atoms with van der Waals surface area (Å²) in [6.45, 7) is 0. The van der Waals surface area contributed by atoms with Gasteiger partial charge in [0.25, 0.3) is 0 Å². The number of hydrogen-bond acceptors (Lipinski definition) is 3. The van der Waals surface area contributed by atoms with Gasteiger partial charge in [-0.2, -0.15) is 0 Å². The molecule has 0 saturated heterocycles. The first-order chi connectivity index (χ1) is 13.1. The maximum absolute atomic E-state index is 14.1. The van der Waals surface area contributed by atoms with E-state index in [2.05, 4.69) is 26.2 Å². The SMILES string of the molecule is O=C(Cc1cccc(Br)c1F)Nc1cccc(-c2nc3ccccc3s2)c1. The van der Waals surface area contributed by atoms with E-state index in [9.17, 15) is 9.18 Å². The third kappa shape index (κ3) is 3.91. The number of nitrogens with one attached hydrogen (secondary N) is 1. The van der Waals surface area contributed by atoms with Crippen molar-refractivity contribution in [2.24, 2.45) is 0 Å². The fourth-order valence-electron chi connectivity index (χ4n) is 2.79. The molecule has 0 bridgehead atoms. The van der Waals surface area contributed by atoms with Gasteiger partial charge in [0.2, 0.25) is 5.91 Å². The lowest BCUT2D eigenvalue weighted by molar-refractivity contribution is -0.115. The third-order valence-electron chi connectivity index (χ3n) is 4.07. The fraction of sp³-hybridized carbons (Fsp3) is 0.0476. The maximum Gasteiger partial charge on any atom is 0.228 e. The summed E-state index contributed by atoms with van der Waals surface area (Å²) >= 11 is 4.75. The van der Waals surface area contributed by atoms with Gasteiger partial charge < -0.3 is 5.32 Å². The Hall–Kier alpha value is -2.57. The van der Waals surface area contributed by atoms with Gasteiger partial charge in [-0.05, 0) is 51.8 Å². The van der Waals surface area contributed by atoms with Crippen LogP contribution in [0.1, 0.15) is 5.56 Å². The molecule has 27 heavy (non-hydrogen) atoms. The van der Waals surface area contributed by atoms with Crippen LogP contribution < -0.4 is 5.32 Å². The minimum absolute atomic E-state index is 0.0311. The Kier molecular flexibility index (Phi) is 5.01. The Morgan fingerprint density at radius 1 is 1.07 bits per heavy atom. The van der Waals surface area contributed by atoms with Crippen LogP contribution in [0, 0.1) is 5.82 Å². The third-order valence-corrected chi connectivity index (χ3v) is 5.77. The highest BCUT2D eigenvalue weighted by Crippen LogP contribution is 2.31. The van der Waals surface area contributed by atoms with Crippen molar-refractivity contribution in [2.75, 3.05) is 5.32 Å². The van der Waals surface area contributed by atoms with Crippen LogP contribution in [-0.2, 0) is 11.2 Å². The van der Waals surface area contributed by atoms with Crippen molar-refractivity contribution in [3.63, 3.8) is 0 Å². The van der Waals surface area contributed by atoms with Crippen molar-refractivity contribution < 1.29 is 9.18 Å². The van der Waals surface area contributed by atoms with Crippen LogP contribution in [0.4, 0.5) is 10.1 Å². The van der Waals surface area contributed by atoms with Crippen molar-refractivity contribution in [2.45, 2.75) is 6.42 Å². The van der Waals surface area contributed by atoms with E-state index in [0.717, 1.165) is 20.8 Å². The minimum Gasteiger partial charge on any atom is -0.326 e.